The number of benzene rings is 2. The van der Waals surface area contributed by atoms with E-state index >= 15 is 0 Å². The van der Waals surface area contributed by atoms with E-state index in [0.717, 1.165) is 0 Å². The first-order chi connectivity index (χ1) is 6.42. The zero-order valence-electron chi connectivity index (χ0n) is 8.66. The Morgan fingerprint density at radius 1 is 0.929 bits per heavy atom. The van der Waals surface area contributed by atoms with Crippen LogP contribution in [0.15, 0.2) is 42.5 Å². The van der Waals surface area contributed by atoms with Gasteiger partial charge in [0.25, 0.3) is 0 Å². The van der Waals surface area contributed by atoms with Crippen LogP contribution >= 0.6 is 9.90 Å². The highest BCUT2D eigenvalue weighted by molar-refractivity contribution is 6.92. The maximum absolute atomic E-state index is 2.23. The number of aryl methyl sites for hydroxylation is 1. The highest BCUT2D eigenvalue weighted by atomic mass is 31.0. The van der Waals surface area contributed by atoms with Crippen LogP contribution in [0.5, 0.6) is 0 Å². The average Bonchev–Trinajstić information content (AvgIpc) is 2.19. The number of hydrogen-bond donors (Lipinski definition) is 0. The fraction of sp³-hybridized carbons (Fsp3) is 0.231. The van der Waals surface area contributed by atoms with Crippen LogP contribution in [0.25, 0.3) is 10.8 Å². The molecular weight excluding hydrogens is 187 g/mol. The molecule has 0 aromatic heterocycles. The van der Waals surface area contributed by atoms with Crippen LogP contribution in [0.3, 0.4) is 0 Å². The molecule has 2 rings (SSSR count). The molecule has 0 N–H and O–H groups in total. The lowest BCUT2D eigenvalue weighted by Crippen LogP contribution is -1.84. The summed E-state index contributed by atoms with van der Waals surface area (Å²) in [7, 11) is 0. The van der Waals surface area contributed by atoms with Crippen molar-refractivity contribution in [3.05, 3.63) is 48.0 Å². The van der Waals surface area contributed by atoms with Gasteiger partial charge < -0.3 is 0 Å². The molecule has 0 fully saturated rings. The van der Waals surface area contributed by atoms with E-state index in [9.17, 15) is 0 Å². The highest BCUT2D eigenvalue weighted by Gasteiger charge is 1.97. The zero-order valence-corrected chi connectivity index (χ0v) is 10.1. The van der Waals surface area contributed by atoms with Crippen molar-refractivity contribution in [2.75, 3.05) is 0 Å². The van der Waals surface area contributed by atoms with Crippen molar-refractivity contribution in [3.63, 3.8) is 0 Å². The van der Waals surface area contributed by atoms with Crippen LogP contribution in [-0.2, 0) is 6.42 Å². The van der Waals surface area contributed by atoms with Crippen molar-refractivity contribution >= 4 is 20.7 Å². The second-order valence-electron chi connectivity index (χ2n) is 3.39. The predicted octanol–water partition coefficient (Wildman–Crippen LogP) is 3.85. The molecule has 14 heavy (non-hydrogen) atoms. The Morgan fingerprint density at radius 2 is 1.64 bits per heavy atom. The normalized spacial score (nSPS) is 9.79. The summed E-state index contributed by atoms with van der Waals surface area (Å²) in [5.41, 5.74) is 1.47. The predicted molar refractivity (Wildman–Crippen MR) is 69.0 cm³/mol. The largest absolute Gasteiger partial charge is 0.153 e. The summed E-state index contributed by atoms with van der Waals surface area (Å²) in [5, 5.41) is 2.76. The number of rotatable bonds is 2. The maximum atomic E-state index is 2.23. The van der Waals surface area contributed by atoms with Gasteiger partial charge in [-0.25, -0.2) is 0 Å². The van der Waals surface area contributed by atoms with Crippen molar-refractivity contribution in [1.82, 2.24) is 0 Å². The average molecular weight is 204 g/mol. The standard InChI is InChI=1S/C13H14.H3P/c1-2-6-11-8-5-9-12-7-3-4-10-13(11)12;/h3-5,7-10H,2,6H2,1H3;1H3. The molecule has 0 nitrogen and oxygen atoms in total. The van der Waals surface area contributed by atoms with Gasteiger partial charge in [0.2, 0.25) is 0 Å². The van der Waals surface area contributed by atoms with E-state index in [1.807, 2.05) is 0 Å². The molecular formula is C13H17P. The molecule has 1 heteroatoms. The molecule has 0 heterocycles. The van der Waals surface area contributed by atoms with Crippen molar-refractivity contribution in [2.45, 2.75) is 19.8 Å². The van der Waals surface area contributed by atoms with E-state index in [4.69, 9.17) is 0 Å². The van der Waals surface area contributed by atoms with Gasteiger partial charge in [0, 0.05) is 0 Å². The van der Waals surface area contributed by atoms with E-state index in [2.05, 4.69) is 49.4 Å². The SMILES string of the molecule is CCCc1cccc2ccccc12.P. The molecule has 0 saturated carbocycles. The van der Waals surface area contributed by atoms with Crippen LogP contribution in [0.1, 0.15) is 18.9 Å². The van der Waals surface area contributed by atoms with E-state index < -0.39 is 0 Å². The summed E-state index contributed by atoms with van der Waals surface area (Å²) in [4.78, 5) is 0. The molecule has 1 atom stereocenters. The van der Waals surface area contributed by atoms with Crippen LogP contribution in [0.2, 0.25) is 0 Å². The quantitative estimate of drug-likeness (QED) is 0.652. The molecule has 0 saturated heterocycles. The first kappa shape index (κ1) is 11.2. The van der Waals surface area contributed by atoms with Gasteiger partial charge in [-0.05, 0) is 22.8 Å². The smallest absolute Gasteiger partial charge is 0.0152 e. The molecule has 2 aromatic carbocycles. The minimum absolute atomic E-state index is 0. The van der Waals surface area contributed by atoms with E-state index in [1.54, 1.807) is 0 Å². The van der Waals surface area contributed by atoms with Gasteiger partial charge in [-0.2, -0.15) is 9.90 Å². The third-order valence-corrected chi connectivity index (χ3v) is 2.40. The first-order valence-corrected chi connectivity index (χ1v) is 4.88. The van der Waals surface area contributed by atoms with Crippen LogP contribution < -0.4 is 0 Å². The van der Waals surface area contributed by atoms with Gasteiger partial charge >= 0.3 is 0 Å². The van der Waals surface area contributed by atoms with Gasteiger partial charge in [0.1, 0.15) is 0 Å². The van der Waals surface area contributed by atoms with Gasteiger partial charge in [0.05, 0.1) is 0 Å². The van der Waals surface area contributed by atoms with Crippen molar-refractivity contribution in [1.29, 1.82) is 0 Å². The van der Waals surface area contributed by atoms with Gasteiger partial charge in [-0.15, -0.1) is 0 Å². The Labute approximate surface area is 89.0 Å². The summed E-state index contributed by atoms with van der Waals surface area (Å²) in [6.07, 6.45) is 2.40. The molecule has 2 aromatic rings. The highest BCUT2D eigenvalue weighted by Crippen LogP contribution is 2.19. The lowest BCUT2D eigenvalue weighted by atomic mass is 10.0. The van der Waals surface area contributed by atoms with Crippen molar-refractivity contribution < 1.29 is 0 Å². The minimum Gasteiger partial charge on any atom is -0.153 e. The molecule has 0 amide bonds. The summed E-state index contributed by atoms with van der Waals surface area (Å²) < 4.78 is 0. The van der Waals surface area contributed by atoms with Gasteiger partial charge in [0.15, 0.2) is 0 Å². The summed E-state index contributed by atoms with van der Waals surface area (Å²) in [6.45, 7) is 2.22. The van der Waals surface area contributed by atoms with Crippen LogP contribution in [-0.4, -0.2) is 0 Å². The molecule has 0 aliphatic carbocycles. The molecule has 74 valence electrons. The lowest BCUT2D eigenvalue weighted by Gasteiger charge is -2.03. The molecule has 0 radical (unpaired) electrons. The summed E-state index contributed by atoms with van der Waals surface area (Å²) in [5.74, 6) is 0. The third-order valence-electron chi connectivity index (χ3n) is 2.40. The summed E-state index contributed by atoms with van der Waals surface area (Å²) >= 11 is 0. The second-order valence-corrected chi connectivity index (χ2v) is 3.39. The molecule has 0 bridgehead atoms. The Hall–Kier alpha value is -0.870. The molecule has 1 unspecified atom stereocenters. The topological polar surface area (TPSA) is 0 Å². The first-order valence-electron chi connectivity index (χ1n) is 4.88. The minimum atomic E-state index is 0. The van der Waals surface area contributed by atoms with Gasteiger partial charge in [-0.1, -0.05) is 55.8 Å². The van der Waals surface area contributed by atoms with E-state index in [1.165, 1.54) is 29.2 Å². The third kappa shape index (κ3) is 2.13. The lowest BCUT2D eigenvalue weighted by molar-refractivity contribution is 0.930. The van der Waals surface area contributed by atoms with E-state index in [-0.39, 0.29) is 9.90 Å². The Bertz CT molecular complexity index is 401. The fourth-order valence-corrected chi connectivity index (χ4v) is 1.78. The fourth-order valence-electron chi connectivity index (χ4n) is 1.78. The molecule has 0 spiro atoms. The second kappa shape index (κ2) is 5.12. The zero-order chi connectivity index (χ0) is 9.10. The van der Waals surface area contributed by atoms with Crippen LogP contribution in [0.4, 0.5) is 0 Å². The Balaban J connectivity index is 0.000000980. The molecule has 0 aliphatic heterocycles. The number of hydrogen-bond acceptors (Lipinski definition) is 0. The van der Waals surface area contributed by atoms with Crippen molar-refractivity contribution in [3.8, 4) is 0 Å². The monoisotopic (exact) mass is 204 g/mol. The Morgan fingerprint density at radius 3 is 2.43 bits per heavy atom. The Kier molecular flexibility index (Phi) is 4.10. The van der Waals surface area contributed by atoms with Gasteiger partial charge in [-0.3, -0.25) is 0 Å². The maximum Gasteiger partial charge on any atom is -0.0152 e. The summed E-state index contributed by atoms with van der Waals surface area (Å²) in [6, 6.07) is 15.1. The number of fused-ring (bicyclic) bond motifs is 1. The molecule has 0 aliphatic rings. The van der Waals surface area contributed by atoms with Crippen LogP contribution in [0, 0.1) is 0 Å². The van der Waals surface area contributed by atoms with Crippen molar-refractivity contribution in [2.24, 2.45) is 0 Å². The van der Waals surface area contributed by atoms with E-state index in [0.29, 0.717) is 0 Å².